The molecule has 21 heavy (non-hydrogen) atoms. The van der Waals surface area contributed by atoms with E-state index in [9.17, 15) is 5.21 Å². The maximum atomic E-state index is 13.0. The molecule has 3 aliphatic rings. The zero-order chi connectivity index (χ0) is 14.7. The van der Waals surface area contributed by atoms with Crippen molar-refractivity contribution in [3.8, 4) is 5.75 Å². The number of benzene rings is 1. The van der Waals surface area contributed by atoms with E-state index in [1.54, 1.807) is 7.11 Å². The normalized spacial score (nSPS) is 41.1. The number of likely N-dealkylation sites (tertiary alicyclic amines) is 1. The number of methoxy groups -OCH3 is 1. The summed E-state index contributed by atoms with van der Waals surface area (Å²) in [4.78, 5) is 0. The molecule has 0 amide bonds. The van der Waals surface area contributed by atoms with Gasteiger partial charge in [-0.05, 0) is 36.1 Å². The number of likely N-dealkylation sites (N-methyl/N-ethyl adjacent to an activating group) is 1. The van der Waals surface area contributed by atoms with E-state index in [4.69, 9.17) is 4.74 Å². The summed E-state index contributed by atoms with van der Waals surface area (Å²) in [7, 11) is 3.65. The minimum atomic E-state index is -0.0299. The Morgan fingerprint density at radius 3 is 2.95 bits per heavy atom. The van der Waals surface area contributed by atoms with E-state index in [1.165, 1.54) is 36.8 Å². The predicted octanol–water partition coefficient (Wildman–Crippen LogP) is 3.40. The molecule has 3 heteroatoms. The quantitative estimate of drug-likeness (QED) is 0.586. The van der Waals surface area contributed by atoms with Gasteiger partial charge in [-0.15, -0.1) is 0 Å². The maximum Gasteiger partial charge on any atom is 0.119 e. The van der Waals surface area contributed by atoms with Crippen LogP contribution in [0.2, 0.25) is 0 Å². The monoisotopic (exact) mass is 287 g/mol. The second kappa shape index (κ2) is 4.47. The van der Waals surface area contributed by atoms with Gasteiger partial charge in [0.05, 0.1) is 26.7 Å². The molecule has 2 fully saturated rings. The number of ether oxygens (including phenoxy) is 1. The van der Waals surface area contributed by atoms with Crippen LogP contribution in [-0.2, 0) is 11.8 Å². The summed E-state index contributed by atoms with van der Waals surface area (Å²) in [6.45, 7) is 0.776. The van der Waals surface area contributed by atoms with E-state index in [0.29, 0.717) is 5.92 Å². The van der Waals surface area contributed by atoms with E-state index in [1.807, 2.05) is 7.05 Å². The highest BCUT2D eigenvalue weighted by Gasteiger charge is 2.57. The number of hydroxylamine groups is 3. The fourth-order valence-corrected chi connectivity index (χ4v) is 5.46. The summed E-state index contributed by atoms with van der Waals surface area (Å²) < 4.78 is 5.44. The number of rotatable bonds is 1. The summed E-state index contributed by atoms with van der Waals surface area (Å²) in [6, 6.07) is 6.80. The van der Waals surface area contributed by atoms with E-state index in [2.05, 4.69) is 18.2 Å². The first-order valence-corrected chi connectivity index (χ1v) is 8.30. The standard InChI is InChI=1S/C18H25NO2/c1-19(20)10-9-18-8-4-3-5-15(18)17(19)11-13-6-7-14(21-2)12-16(13)18/h6-7,12,15,17H,3-5,8-11H2,1-2H3. The van der Waals surface area contributed by atoms with Gasteiger partial charge in [-0.3, -0.25) is 0 Å². The molecule has 4 unspecified atom stereocenters. The van der Waals surface area contributed by atoms with Gasteiger partial charge in [0, 0.05) is 24.2 Å². The number of quaternary nitrogens is 1. The van der Waals surface area contributed by atoms with Gasteiger partial charge in [0.1, 0.15) is 5.75 Å². The summed E-state index contributed by atoms with van der Waals surface area (Å²) in [5.74, 6) is 1.54. The molecule has 0 radical (unpaired) electrons. The first-order chi connectivity index (χ1) is 10.1. The highest BCUT2D eigenvalue weighted by atomic mass is 16.5. The van der Waals surface area contributed by atoms with Crippen LogP contribution in [0, 0.1) is 11.1 Å². The lowest BCUT2D eigenvalue weighted by Gasteiger charge is -2.63. The zero-order valence-corrected chi connectivity index (χ0v) is 13.1. The number of nitrogens with zero attached hydrogens (tertiary/aromatic N) is 1. The molecule has 4 rings (SSSR count). The summed E-state index contributed by atoms with van der Waals surface area (Å²) >= 11 is 0. The third-order valence-corrected chi connectivity index (χ3v) is 6.55. The van der Waals surface area contributed by atoms with Gasteiger partial charge in [0.25, 0.3) is 0 Å². The number of hydrogen-bond acceptors (Lipinski definition) is 2. The number of fused-ring (bicyclic) bond motifs is 1. The summed E-state index contributed by atoms with van der Waals surface area (Å²) in [6.07, 6.45) is 7.09. The van der Waals surface area contributed by atoms with E-state index >= 15 is 0 Å². The Balaban J connectivity index is 1.89. The van der Waals surface area contributed by atoms with Gasteiger partial charge < -0.3 is 14.6 Å². The minimum Gasteiger partial charge on any atom is -0.633 e. The van der Waals surface area contributed by atoms with Crippen LogP contribution in [0.25, 0.3) is 0 Å². The van der Waals surface area contributed by atoms with Gasteiger partial charge in [-0.25, -0.2) is 0 Å². The molecule has 1 saturated heterocycles. The number of hydrogen-bond donors (Lipinski definition) is 0. The first-order valence-electron chi connectivity index (χ1n) is 8.30. The Kier molecular flexibility index (Phi) is 2.89. The van der Waals surface area contributed by atoms with Gasteiger partial charge in [0.15, 0.2) is 0 Å². The van der Waals surface area contributed by atoms with E-state index in [-0.39, 0.29) is 16.1 Å². The van der Waals surface area contributed by atoms with E-state index in [0.717, 1.165) is 25.1 Å². The van der Waals surface area contributed by atoms with Crippen LogP contribution in [-0.4, -0.2) is 31.4 Å². The molecule has 4 atom stereocenters. The molecular formula is C18H25NO2. The fourth-order valence-electron chi connectivity index (χ4n) is 5.46. The molecule has 0 spiro atoms. The van der Waals surface area contributed by atoms with Crippen LogP contribution < -0.4 is 4.74 Å². The highest BCUT2D eigenvalue weighted by molar-refractivity contribution is 5.45. The molecule has 1 aromatic rings. The van der Waals surface area contributed by atoms with Crippen LogP contribution in [0.3, 0.4) is 0 Å². The Morgan fingerprint density at radius 1 is 1.29 bits per heavy atom. The molecule has 1 aromatic carbocycles. The maximum absolute atomic E-state index is 13.0. The molecule has 1 aliphatic heterocycles. The predicted molar refractivity (Wildman–Crippen MR) is 83.2 cm³/mol. The lowest BCUT2D eigenvalue weighted by molar-refractivity contribution is -0.899. The van der Waals surface area contributed by atoms with Crippen LogP contribution in [0.15, 0.2) is 18.2 Å². The van der Waals surface area contributed by atoms with E-state index < -0.39 is 0 Å². The Bertz CT molecular complexity index is 568. The molecule has 1 saturated carbocycles. The SMILES string of the molecule is COc1ccc2c(c1)C13CCCCC1C(C2)[N+](C)([O-])CC3. The summed E-state index contributed by atoms with van der Waals surface area (Å²) in [5.41, 5.74) is 3.16. The second-order valence-corrected chi connectivity index (χ2v) is 7.45. The second-order valence-electron chi connectivity index (χ2n) is 7.45. The largest absolute Gasteiger partial charge is 0.633 e. The van der Waals surface area contributed by atoms with Crippen molar-refractivity contribution in [3.05, 3.63) is 34.5 Å². The molecule has 0 aromatic heterocycles. The topological polar surface area (TPSA) is 32.3 Å². The van der Waals surface area contributed by atoms with Crippen molar-refractivity contribution >= 4 is 0 Å². The lowest BCUT2D eigenvalue weighted by atomic mass is 9.52. The fraction of sp³-hybridized carbons (Fsp3) is 0.667. The van der Waals surface area contributed by atoms with Crippen molar-refractivity contribution in [2.45, 2.75) is 50.0 Å². The highest BCUT2D eigenvalue weighted by Crippen LogP contribution is 2.57. The zero-order valence-electron chi connectivity index (χ0n) is 13.1. The molecule has 0 N–H and O–H groups in total. The lowest BCUT2D eigenvalue weighted by Crippen LogP contribution is -2.66. The number of piperidine rings is 1. The molecule has 1 heterocycles. The van der Waals surface area contributed by atoms with Crippen molar-refractivity contribution in [2.75, 3.05) is 20.7 Å². The van der Waals surface area contributed by atoms with Crippen LogP contribution in [0.1, 0.15) is 43.2 Å². The smallest absolute Gasteiger partial charge is 0.119 e. The minimum absolute atomic E-state index is 0.0299. The van der Waals surface area contributed by atoms with Crippen molar-refractivity contribution < 1.29 is 9.38 Å². The molecule has 2 aliphatic carbocycles. The average molecular weight is 287 g/mol. The van der Waals surface area contributed by atoms with Gasteiger partial charge >= 0.3 is 0 Å². The van der Waals surface area contributed by atoms with Gasteiger partial charge in [-0.2, -0.15) is 0 Å². The van der Waals surface area contributed by atoms with Crippen LogP contribution in [0.4, 0.5) is 0 Å². The molecule has 2 bridgehead atoms. The molecular weight excluding hydrogens is 262 g/mol. The third kappa shape index (κ3) is 1.80. The summed E-state index contributed by atoms with van der Waals surface area (Å²) in [5, 5.41) is 13.0. The Labute approximate surface area is 127 Å². The molecule has 114 valence electrons. The van der Waals surface area contributed by atoms with Gasteiger partial charge in [0.2, 0.25) is 0 Å². The Morgan fingerprint density at radius 2 is 2.14 bits per heavy atom. The molecule has 3 nitrogen and oxygen atoms in total. The van der Waals surface area contributed by atoms with Crippen LogP contribution >= 0.6 is 0 Å². The van der Waals surface area contributed by atoms with Crippen molar-refractivity contribution in [3.63, 3.8) is 0 Å². The van der Waals surface area contributed by atoms with Crippen molar-refractivity contribution in [1.82, 2.24) is 0 Å². The van der Waals surface area contributed by atoms with Crippen molar-refractivity contribution in [1.29, 1.82) is 0 Å². The van der Waals surface area contributed by atoms with Gasteiger partial charge in [-0.1, -0.05) is 18.9 Å². The third-order valence-electron chi connectivity index (χ3n) is 6.55. The van der Waals surface area contributed by atoms with Crippen LogP contribution in [0.5, 0.6) is 5.75 Å². The van der Waals surface area contributed by atoms with Crippen molar-refractivity contribution in [2.24, 2.45) is 5.92 Å². The Hall–Kier alpha value is -1.06. The average Bonchev–Trinajstić information content (AvgIpc) is 2.51. The first kappa shape index (κ1) is 13.6.